The van der Waals surface area contributed by atoms with Crippen LogP contribution in [0.1, 0.15) is 27.8 Å². The van der Waals surface area contributed by atoms with Gasteiger partial charge in [0.05, 0.1) is 13.7 Å². The molecule has 0 fully saturated rings. The van der Waals surface area contributed by atoms with Crippen molar-refractivity contribution < 1.29 is 19.1 Å². The lowest BCUT2D eigenvalue weighted by molar-refractivity contribution is 0.0521. The van der Waals surface area contributed by atoms with E-state index in [4.69, 9.17) is 9.47 Å². The first-order valence-electron chi connectivity index (χ1n) is 8.41. The van der Waals surface area contributed by atoms with Crippen LogP contribution in [0.25, 0.3) is 0 Å². The molecule has 3 aromatic rings. The van der Waals surface area contributed by atoms with Crippen LogP contribution in [0.2, 0.25) is 0 Å². The highest BCUT2D eigenvalue weighted by atomic mass is 32.1. The van der Waals surface area contributed by atoms with E-state index < -0.39 is 5.97 Å². The fourth-order valence-electron chi connectivity index (χ4n) is 2.27. The largest absolute Gasteiger partial charge is 0.497 e. The molecule has 28 heavy (non-hydrogen) atoms. The van der Waals surface area contributed by atoms with Crippen LogP contribution in [0, 0.1) is 0 Å². The zero-order valence-corrected chi connectivity index (χ0v) is 16.1. The summed E-state index contributed by atoms with van der Waals surface area (Å²) in [7, 11) is 1.55. The van der Waals surface area contributed by atoms with Crippen molar-refractivity contribution in [1.29, 1.82) is 0 Å². The number of nitrogens with zero attached hydrogens (tertiary/aromatic N) is 2. The van der Waals surface area contributed by atoms with E-state index in [9.17, 15) is 9.59 Å². The van der Waals surface area contributed by atoms with E-state index in [1.165, 1.54) is 0 Å². The summed E-state index contributed by atoms with van der Waals surface area (Å²) in [5.74, 6) is -0.329. The van der Waals surface area contributed by atoms with E-state index in [0.717, 1.165) is 17.0 Å². The third kappa shape index (κ3) is 4.63. The van der Waals surface area contributed by atoms with Crippen LogP contribution in [0.15, 0.2) is 48.8 Å². The molecular formula is C19H18N4O4S. The number of amides is 1. The number of benzene rings is 1. The molecule has 1 aromatic carbocycles. The predicted molar refractivity (Wildman–Crippen MR) is 107 cm³/mol. The van der Waals surface area contributed by atoms with Crippen molar-refractivity contribution in [2.45, 2.75) is 6.92 Å². The van der Waals surface area contributed by atoms with Crippen LogP contribution in [0.4, 0.5) is 15.8 Å². The van der Waals surface area contributed by atoms with Gasteiger partial charge in [-0.1, -0.05) is 11.3 Å². The zero-order chi connectivity index (χ0) is 19.9. The van der Waals surface area contributed by atoms with Gasteiger partial charge in [-0.2, -0.15) is 0 Å². The predicted octanol–water partition coefficient (Wildman–Crippen LogP) is 3.72. The summed E-state index contributed by atoms with van der Waals surface area (Å²) in [4.78, 5) is 33.0. The van der Waals surface area contributed by atoms with Gasteiger partial charge in [-0.05, 0) is 43.3 Å². The maximum absolute atomic E-state index is 12.6. The molecule has 0 saturated heterocycles. The topological polar surface area (TPSA) is 102 Å². The Kier molecular flexibility index (Phi) is 6.18. The Hall–Kier alpha value is -3.46. The van der Waals surface area contributed by atoms with Crippen molar-refractivity contribution in [2.75, 3.05) is 24.4 Å². The molecule has 3 rings (SSSR count). The second kappa shape index (κ2) is 8.96. The highest BCUT2D eigenvalue weighted by Gasteiger charge is 2.22. The number of nitrogens with one attached hydrogen (secondary N) is 2. The first kappa shape index (κ1) is 19.3. The summed E-state index contributed by atoms with van der Waals surface area (Å²) in [5.41, 5.74) is 1.23. The van der Waals surface area contributed by atoms with E-state index >= 15 is 0 Å². The summed E-state index contributed by atoms with van der Waals surface area (Å²) < 4.78 is 10.1. The summed E-state index contributed by atoms with van der Waals surface area (Å²) in [6.45, 7) is 1.91. The molecule has 0 unspecified atom stereocenters. The number of aromatic nitrogens is 2. The maximum Gasteiger partial charge on any atom is 0.360 e. The fourth-order valence-corrected chi connectivity index (χ4v) is 3.14. The van der Waals surface area contributed by atoms with Gasteiger partial charge < -0.3 is 20.1 Å². The molecule has 2 heterocycles. The lowest BCUT2D eigenvalue weighted by Gasteiger charge is -2.06. The smallest absolute Gasteiger partial charge is 0.360 e. The normalized spacial score (nSPS) is 10.2. The molecule has 0 bridgehead atoms. The average Bonchev–Trinajstić information content (AvgIpc) is 3.11. The number of hydrogen-bond acceptors (Lipinski definition) is 8. The molecule has 0 aliphatic heterocycles. The highest BCUT2D eigenvalue weighted by Crippen LogP contribution is 2.31. The number of thiazole rings is 1. The molecule has 2 aromatic heterocycles. The summed E-state index contributed by atoms with van der Waals surface area (Å²) in [5, 5.41) is 6.56. The van der Waals surface area contributed by atoms with Gasteiger partial charge in [0.25, 0.3) is 5.91 Å². The molecule has 2 N–H and O–H groups in total. The van der Waals surface area contributed by atoms with Crippen molar-refractivity contribution in [3.8, 4) is 5.75 Å². The first-order valence-corrected chi connectivity index (χ1v) is 9.22. The Balaban J connectivity index is 1.84. The number of hydrogen-bond donors (Lipinski definition) is 2. The minimum Gasteiger partial charge on any atom is -0.497 e. The van der Waals surface area contributed by atoms with Crippen molar-refractivity contribution >= 4 is 39.0 Å². The zero-order valence-electron chi connectivity index (χ0n) is 15.3. The Labute approximate surface area is 165 Å². The van der Waals surface area contributed by atoms with E-state index in [-0.39, 0.29) is 18.2 Å². The third-order valence-electron chi connectivity index (χ3n) is 3.61. The van der Waals surface area contributed by atoms with E-state index in [1.807, 2.05) is 0 Å². The lowest BCUT2D eigenvalue weighted by atomic mass is 10.2. The van der Waals surface area contributed by atoms with Crippen molar-refractivity contribution in [3.63, 3.8) is 0 Å². The maximum atomic E-state index is 12.6. The first-order chi connectivity index (χ1) is 13.6. The molecule has 0 spiro atoms. The highest BCUT2D eigenvalue weighted by molar-refractivity contribution is 7.20. The molecule has 0 atom stereocenters. The molecule has 144 valence electrons. The number of rotatable bonds is 7. The molecule has 9 heteroatoms. The quantitative estimate of drug-likeness (QED) is 0.585. The Bertz CT molecular complexity index is 958. The summed E-state index contributed by atoms with van der Waals surface area (Å²) in [6.07, 6.45) is 3.27. The Morgan fingerprint density at radius 1 is 1.11 bits per heavy atom. The second-order valence-electron chi connectivity index (χ2n) is 5.46. The standard InChI is InChI=1S/C19H18N4O4S/c1-3-27-18(25)15-17(23-16(24)12-4-6-14(26-2)7-5-12)28-19(22-15)21-13-8-10-20-11-9-13/h4-11H,3H2,1-2H3,(H,23,24)(H,20,21,22). The van der Waals surface area contributed by atoms with E-state index in [2.05, 4.69) is 20.6 Å². The second-order valence-corrected chi connectivity index (χ2v) is 6.46. The lowest BCUT2D eigenvalue weighted by Crippen LogP contribution is -2.14. The average molecular weight is 398 g/mol. The number of ether oxygens (including phenoxy) is 2. The molecule has 0 aliphatic carbocycles. The van der Waals surface area contributed by atoms with Gasteiger partial charge in [-0.3, -0.25) is 9.78 Å². The molecule has 0 saturated carbocycles. The number of esters is 1. The van der Waals surface area contributed by atoms with Gasteiger partial charge in [0.1, 0.15) is 10.8 Å². The molecule has 8 nitrogen and oxygen atoms in total. The minimum atomic E-state index is -0.605. The molecule has 0 radical (unpaired) electrons. The third-order valence-corrected chi connectivity index (χ3v) is 4.49. The van der Waals surface area contributed by atoms with Crippen LogP contribution >= 0.6 is 11.3 Å². The van der Waals surface area contributed by atoms with Gasteiger partial charge >= 0.3 is 5.97 Å². The van der Waals surface area contributed by atoms with Crippen LogP contribution < -0.4 is 15.4 Å². The van der Waals surface area contributed by atoms with Crippen LogP contribution in [0.5, 0.6) is 5.75 Å². The van der Waals surface area contributed by atoms with Crippen LogP contribution in [0.3, 0.4) is 0 Å². The molecular weight excluding hydrogens is 380 g/mol. The minimum absolute atomic E-state index is 0.0465. The van der Waals surface area contributed by atoms with Gasteiger partial charge in [0, 0.05) is 23.6 Å². The number of methoxy groups -OCH3 is 1. The Morgan fingerprint density at radius 2 is 1.82 bits per heavy atom. The summed E-state index contributed by atoms with van der Waals surface area (Å²) in [6, 6.07) is 10.2. The van der Waals surface area contributed by atoms with E-state index in [1.54, 1.807) is 62.8 Å². The monoisotopic (exact) mass is 398 g/mol. The Morgan fingerprint density at radius 3 is 2.46 bits per heavy atom. The van der Waals surface area contributed by atoms with E-state index in [0.29, 0.717) is 21.4 Å². The number of pyridine rings is 1. The fraction of sp³-hybridized carbons (Fsp3) is 0.158. The van der Waals surface area contributed by atoms with Gasteiger partial charge in [0.2, 0.25) is 0 Å². The van der Waals surface area contributed by atoms with Gasteiger partial charge in [-0.25, -0.2) is 9.78 Å². The van der Waals surface area contributed by atoms with Crippen molar-refractivity contribution in [3.05, 3.63) is 60.0 Å². The number of anilines is 3. The summed E-state index contributed by atoms with van der Waals surface area (Å²) >= 11 is 1.14. The van der Waals surface area contributed by atoms with Gasteiger partial charge in [0.15, 0.2) is 10.8 Å². The van der Waals surface area contributed by atoms with Crippen LogP contribution in [-0.4, -0.2) is 35.6 Å². The molecule has 1 amide bonds. The molecule has 0 aliphatic rings. The van der Waals surface area contributed by atoms with Crippen molar-refractivity contribution in [1.82, 2.24) is 9.97 Å². The number of carbonyl (C=O) groups is 2. The van der Waals surface area contributed by atoms with Crippen molar-refractivity contribution in [2.24, 2.45) is 0 Å². The number of carbonyl (C=O) groups excluding carboxylic acids is 2. The van der Waals surface area contributed by atoms with Gasteiger partial charge in [-0.15, -0.1) is 0 Å². The SMILES string of the molecule is CCOC(=O)c1nc(Nc2ccncc2)sc1NC(=O)c1ccc(OC)cc1. The van der Waals surface area contributed by atoms with Crippen LogP contribution in [-0.2, 0) is 4.74 Å².